The first-order valence-corrected chi connectivity index (χ1v) is 6.68. The smallest absolute Gasteiger partial charge is 0.0953 e. The molecule has 1 saturated carbocycles. The van der Waals surface area contributed by atoms with E-state index in [4.69, 9.17) is 5.73 Å². The van der Waals surface area contributed by atoms with Crippen molar-refractivity contribution in [1.29, 1.82) is 0 Å². The van der Waals surface area contributed by atoms with Gasteiger partial charge >= 0.3 is 0 Å². The molecule has 2 N–H and O–H groups in total. The van der Waals surface area contributed by atoms with E-state index < -0.39 is 0 Å². The van der Waals surface area contributed by atoms with Gasteiger partial charge in [0.05, 0.1) is 10.5 Å². The van der Waals surface area contributed by atoms with Crippen LogP contribution in [-0.4, -0.2) is 4.98 Å². The molecule has 2 rings (SSSR count). The molecule has 0 saturated heterocycles. The van der Waals surface area contributed by atoms with Crippen LogP contribution in [0.5, 0.6) is 0 Å². The highest BCUT2D eigenvalue weighted by Gasteiger charge is 2.31. The van der Waals surface area contributed by atoms with Crippen molar-refractivity contribution in [3.05, 3.63) is 16.1 Å². The zero-order valence-corrected chi connectivity index (χ0v) is 10.4. The molecule has 1 aliphatic rings. The summed E-state index contributed by atoms with van der Waals surface area (Å²) < 4.78 is 0. The predicted molar refractivity (Wildman–Crippen MR) is 65.2 cm³/mol. The monoisotopic (exact) mass is 224 g/mol. The average molecular weight is 224 g/mol. The molecule has 0 amide bonds. The summed E-state index contributed by atoms with van der Waals surface area (Å²) in [5, 5.41) is 1.22. The van der Waals surface area contributed by atoms with Crippen LogP contribution < -0.4 is 5.73 Å². The van der Waals surface area contributed by atoms with Gasteiger partial charge in [-0.25, -0.2) is 4.98 Å². The Labute approximate surface area is 95.9 Å². The largest absolute Gasteiger partial charge is 0.321 e. The lowest BCUT2D eigenvalue weighted by Gasteiger charge is -2.32. The van der Waals surface area contributed by atoms with E-state index in [1.54, 1.807) is 0 Å². The number of hydrogen-bond donors (Lipinski definition) is 1. The normalized spacial score (nSPS) is 20.8. The summed E-state index contributed by atoms with van der Waals surface area (Å²) in [6.07, 6.45) is 8.15. The van der Waals surface area contributed by atoms with Gasteiger partial charge in [-0.05, 0) is 12.8 Å². The second kappa shape index (κ2) is 4.22. The van der Waals surface area contributed by atoms with Crippen molar-refractivity contribution in [3.63, 3.8) is 0 Å². The third kappa shape index (κ3) is 2.23. The van der Waals surface area contributed by atoms with Gasteiger partial charge < -0.3 is 5.73 Å². The number of rotatable bonds is 2. The highest BCUT2D eigenvalue weighted by atomic mass is 32.1. The molecule has 1 aromatic heterocycles. The SMILES string of the molecule is CC(C)c1ncc(C2(N)CCCCC2)s1. The summed E-state index contributed by atoms with van der Waals surface area (Å²) in [7, 11) is 0. The molecule has 15 heavy (non-hydrogen) atoms. The Morgan fingerprint density at radius 2 is 2.00 bits per heavy atom. The Bertz CT molecular complexity index is 324. The third-order valence-corrected chi connectivity index (χ3v) is 4.77. The van der Waals surface area contributed by atoms with Crippen molar-refractivity contribution in [2.45, 2.75) is 57.4 Å². The van der Waals surface area contributed by atoms with Crippen molar-refractivity contribution < 1.29 is 0 Å². The molecule has 0 aromatic carbocycles. The lowest BCUT2D eigenvalue weighted by molar-refractivity contribution is 0.307. The molecule has 2 nitrogen and oxygen atoms in total. The summed E-state index contributed by atoms with van der Waals surface area (Å²) in [6.45, 7) is 4.37. The van der Waals surface area contributed by atoms with Crippen molar-refractivity contribution in [2.24, 2.45) is 5.73 Å². The Hall–Kier alpha value is -0.410. The standard InChI is InChI=1S/C12H20N2S/c1-9(2)11-14-8-10(15-11)12(13)6-4-3-5-7-12/h8-9H,3-7,13H2,1-2H3. The first-order chi connectivity index (χ1) is 7.12. The van der Waals surface area contributed by atoms with Gasteiger partial charge in [-0.1, -0.05) is 33.1 Å². The van der Waals surface area contributed by atoms with E-state index in [1.807, 2.05) is 17.5 Å². The summed E-state index contributed by atoms with van der Waals surface area (Å²) in [5.41, 5.74) is 6.40. The van der Waals surface area contributed by atoms with Crippen LogP contribution in [0.2, 0.25) is 0 Å². The number of nitrogens with two attached hydrogens (primary N) is 1. The van der Waals surface area contributed by atoms with E-state index in [2.05, 4.69) is 18.8 Å². The first kappa shape index (κ1) is 11.1. The molecular weight excluding hydrogens is 204 g/mol. The van der Waals surface area contributed by atoms with Crippen LogP contribution >= 0.6 is 11.3 Å². The molecule has 0 atom stereocenters. The molecule has 0 aliphatic heterocycles. The summed E-state index contributed by atoms with van der Waals surface area (Å²) >= 11 is 1.81. The quantitative estimate of drug-likeness (QED) is 0.836. The Kier molecular flexibility index (Phi) is 3.12. The maximum Gasteiger partial charge on any atom is 0.0953 e. The van der Waals surface area contributed by atoms with E-state index >= 15 is 0 Å². The van der Waals surface area contributed by atoms with Crippen LogP contribution in [0, 0.1) is 0 Å². The predicted octanol–water partition coefficient (Wildman–Crippen LogP) is 3.38. The molecule has 0 bridgehead atoms. The fourth-order valence-corrected chi connectivity index (χ4v) is 3.29. The van der Waals surface area contributed by atoms with Gasteiger partial charge in [-0.3, -0.25) is 0 Å². The van der Waals surface area contributed by atoms with Gasteiger partial charge in [0.2, 0.25) is 0 Å². The Morgan fingerprint density at radius 3 is 2.53 bits per heavy atom. The molecular formula is C12H20N2S. The van der Waals surface area contributed by atoms with Crippen molar-refractivity contribution >= 4 is 11.3 Å². The van der Waals surface area contributed by atoms with Gasteiger partial charge in [0.25, 0.3) is 0 Å². The van der Waals surface area contributed by atoms with E-state index in [-0.39, 0.29) is 5.54 Å². The molecule has 0 radical (unpaired) electrons. The minimum Gasteiger partial charge on any atom is -0.321 e. The minimum atomic E-state index is -0.0664. The van der Waals surface area contributed by atoms with E-state index in [0.29, 0.717) is 5.92 Å². The van der Waals surface area contributed by atoms with Crippen molar-refractivity contribution in [3.8, 4) is 0 Å². The highest BCUT2D eigenvalue weighted by molar-refractivity contribution is 7.11. The number of thiazole rings is 1. The summed E-state index contributed by atoms with van der Waals surface area (Å²) in [6, 6.07) is 0. The van der Waals surface area contributed by atoms with Crippen LogP contribution in [0.1, 0.15) is 61.8 Å². The fraction of sp³-hybridized carbons (Fsp3) is 0.750. The Balaban J connectivity index is 2.20. The van der Waals surface area contributed by atoms with Crippen LogP contribution in [0.15, 0.2) is 6.20 Å². The third-order valence-electron chi connectivity index (χ3n) is 3.25. The molecule has 1 aromatic rings. The summed E-state index contributed by atoms with van der Waals surface area (Å²) in [4.78, 5) is 5.77. The second-order valence-corrected chi connectivity index (χ2v) is 6.00. The molecule has 3 heteroatoms. The van der Waals surface area contributed by atoms with Gasteiger partial charge in [0, 0.05) is 17.0 Å². The van der Waals surface area contributed by atoms with Gasteiger partial charge in [-0.2, -0.15) is 0 Å². The fourth-order valence-electron chi connectivity index (χ4n) is 2.21. The summed E-state index contributed by atoms with van der Waals surface area (Å²) in [5.74, 6) is 0.524. The second-order valence-electron chi connectivity index (χ2n) is 4.93. The number of aromatic nitrogens is 1. The molecule has 0 unspecified atom stereocenters. The zero-order valence-electron chi connectivity index (χ0n) is 9.62. The van der Waals surface area contributed by atoms with Gasteiger partial charge in [-0.15, -0.1) is 11.3 Å². The number of nitrogens with zero attached hydrogens (tertiary/aromatic N) is 1. The highest BCUT2D eigenvalue weighted by Crippen LogP contribution is 2.38. The Morgan fingerprint density at radius 1 is 1.33 bits per heavy atom. The molecule has 84 valence electrons. The topological polar surface area (TPSA) is 38.9 Å². The van der Waals surface area contributed by atoms with E-state index in [0.717, 1.165) is 12.8 Å². The van der Waals surface area contributed by atoms with Crippen molar-refractivity contribution in [2.75, 3.05) is 0 Å². The van der Waals surface area contributed by atoms with Crippen LogP contribution in [0.4, 0.5) is 0 Å². The zero-order chi connectivity index (χ0) is 10.9. The lowest BCUT2D eigenvalue weighted by atomic mass is 9.82. The number of hydrogen-bond acceptors (Lipinski definition) is 3. The van der Waals surface area contributed by atoms with E-state index in [9.17, 15) is 0 Å². The maximum absolute atomic E-state index is 6.46. The minimum absolute atomic E-state index is 0.0664. The molecule has 1 heterocycles. The van der Waals surface area contributed by atoms with Gasteiger partial charge in [0.15, 0.2) is 0 Å². The van der Waals surface area contributed by atoms with Gasteiger partial charge in [0.1, 0.15) is 0 Å². The molecule has 1 fully saturated rings. The van der Waals surface area contributed by atoms with E-state index in [1.165, 1.54) is 29.1 Å². The van der Waals surface area contributed by atoms with Crippen LogP contribution in [0.25, 0.3) is 0 Å². The maximum atomic E-state index is 6.46. The molecule has 0 spiro atoms. The lowest BCUT2D eigenvalue weighted by Crippen LogP contribution is -2.37. The van der Waals surface area contributed by atoms with Crippen LogP contribution in [0.3, 0.4) is 0 Å². The van der Waals surface area contributed by atoms with Crippen molar-refractivity contribution in [1.82, 2.24) is 4.98 Å². The average Bonchev–Trinajstić information content (AvgIpc) is 2.68. The first-order valence-electron chi connectivity index (χ1n) is 5.87. The molecule has 1 aliphatic carbocycles. The van der Waals surface area contributed by atoms with Crippen LogP contribution in [-0.2, 0) is 5.54 Å².